The summed E-state index contributed by atoms with van der Waals surface area (Å²) >= 11 is 0. The summed E-state index contributed by atoms with van der Waals surface area (Å²) in [6, 6.07) is 7.83. The van der Waals surface area contributed by atoms with Crippen molar-refractivity contribution in [2.24, 2.45) is 5.92 Å². The third-order valence-corrected chi connectivity index (χ3v) is 3.54. The zero-order valence-electron chi connectivity index (χ0n) is 11.2. The van der Waals surface area contributed by atoms with Crippen LogP contribution in [0.15, 0.2) is 24.3 Å². The smallest absolute Gasteiger partial charge is 0.161 e. The van der Waals surface area contributed by atoms with Crippen molar-refractivity contribution in [1.29, 1.82) is 0 Å². The Morgan fingerprint density at radius 1 is 1.17 bits per heavy atom. The number of hydrogen-bond acceptors (Lipinski definition) is 3. The Morgan fingerprint density at radius 3 is 2.61 bits per heavy atom. The standard InChI is InChI=1S/C15H23NO2/c1-17-14-6-2-3-7-15(14)18-12-4-5-13-8-10-16-11-9-13/h2-3,6-7,13,16H,4-5,8-12H2,1H3. The minimum Gasteiger partial charge on any atom is -0.493 e. The molecule has 1 aliphatic heterocycles. The highest BCUT2D eigenvalue weighted by Gasteiger charge is 2.12. The monoisotopic (exact) mass is 249 g/mol. The summed E-state index contributed by atoms with van der Waals surface area (Å²) in [4.78, 5) is 0. The van der Waals surface area contributed by atoms with E-state index in [2.05, 4.69) is 5.32 Å². The van der Waals surface area contributed by atoms with E-state index in [1.165, 1.54) is 32.4 Å². The second kappa shape index (κ2) is 7.27. The van der Waals surface area contributed by atoms with Crippen LogP contribution in [0.4, 0.5) is 0 Å². The van der Waals surface area contributed by atoms with Crippen molar-refractivity contribution >= 4 is 0 Å². The van der Waals surface area contributed by atoms with E-state index in [0.29, 0.717) is 0 Å². The Hall–Kier alpha value is -1.22. The minimum absolute atomic E-state index is 0.782. The fraction of sp³-hybridized carbons (Fsp3) is 0.600. The van der Waals surface area contributed by atoms with Gasteiger partial charge < -0.3 is 14.8 Å². The number of methoxy groups -OCH3 is 1. The molecule has 0 saturated carbocycles. The Balaban J connectivity index is 1.68. The first-order valence-electron chi connectivity index (χ1n) is 6.86. The lowest BCUT2D eigenvalue weighted by atomic mass is 9.93. The van der Waals surface area contributed by atoms with E-state index in [1.807, 2.05) is 24.3 Å². The number of piperidine rings is 1. The molecular formula is C15H23NO2. The van der Waals surface area contributed by atoms with E-state index in [4.69, 9.17) is 9.47 Å². The van der Waals surface area contributed by atoms with Crippen molar-refractivity contribution in [2.75, 3.05) is 26.8 Å². The van der Waals surface area contributed by atoms with Crippen LogP contribution in [0, 0.1) is 5.92 Å². The maximum absolute atomic E-state index is 5.78. The lowest BCUT2D eigenvalue weighted by molar-refractivity contribution is 0.263. The van der Waals surface area contributed by atoms with Gasteiger partial charge in [0.05, 0.1) is 13.7 Å². The summed E-state index contributed by atoms with van der Waals surface area (Å²) in [5.74, 6) is 2.55. The molecule has 0 atom stereocenters. The van der Waals surface area contributed by atoms with Crippen molar-refractivity contribution in [3.8, 4) is 11.5 Å². The zero-order valence-corrected chi connectivity index (χ0v) is 11.2. The van der Waals surface area contributed by atoms with Gasteiger partial charge in [0.1, 0.15) is 0 Å². The molecule has 0 aromatic heterocycles. The Morgan fingerprint density at radius 2 is 1.89 bits per heavy atom. The molecule has 18 heavy (non-hydrogen) atoms. The van der Waals surface area contributed by atoms with E-state index in [0.717, 1.165) is 30.4 Å². The van der Waals surface area contributed by atoms with Crippen LogP contribution < -0.4 is 14.8 Å². The molecule has 3 nitrogen and oxygen atoms in total. The minimum atomic E-state index is 0.782. The van der Waals surface area contributed by atoms with Crippen LogP contribution in [0.1, 0.15) is 25.7 Å². The largest absolute Gasteiger partial charge is 0.493 e. The molecule has 1 aliphatic rings. The van der Waals surface area contributed by atoms with E-state index in [1.54, 1.807) is 7.11 Å². The molecule has 0 bridgehead atoms. The fourth-order valence-corrected chi connectivity index (χ4v) is 2.46. The maximum Gasteiger partial charge on any atom is 0.161 e. The second-order valence-electron chi connectivity index (χ2n) is 4.83. The van der Waals surface area contributed by atoms with Gasteiger partial charge in [-0.15, -0.1) is 0 Å². The van der Waals surface area contributed by atoms with Crippen LogP contribution in [-0.2, 0) is 0 Å². The molecule has 0 unspecified atom stereocenters. The van der Waals surface area contributed by atoms with E-state index < -0.39 is 0 Å². The maximum atomic E-state index is 5.78. The molecule has 1 saturated heterocycles. The SMILES string of the molecule is COc1ccccc1OCCCC1CCNCC1. The van der Waals surface area contributed by atoms with Gasteiger partial charge in [-0.1, -0.05) is 12.1 Å². The first kappa shape index (κ1) is 13.2. The highest BCUT2D eigenvalue weighted by atomic mass is 16.5. The molecule has 1 heterocycles. The molecule has 3 heteroatoms. The van der Waals surface area contributed by atoms with Crippen LogP contribution in [-0.4, -0.2) is 26.8 Å². The highest BCUT2D eigenvalue weighted by Crippen LogP contribution is 2.26. The number of para-hydroxylation sites is 2. The van der Waals surface area contributed by atoms with Gasteiger partial charge in [0.15, 0.2) is 11.5 Å². The third-order valence-electron chi connectivity index (χ3n) is 3.54. The number of ether oxygens (including phenoxy) is 2. The molecule has 0 radical (unpaired) electrons. The molecule has 1 N–H and O–H groups in total. The molecule has 0 amide bonds. The zero-order chi connectivity index (χ0) is 12.6. The summed E-state index contributed by atoms with van der Waals surface area (Å²) < 4.78 is 11.0. The average molecular weight is 249 g/mol. The topological polar surface area (TPSA) is 30.5 Å². The van der Waals surface area contributed by atoms with Crippen molar-refractivity contribution < 1.29 is 9.47 Å². The summed E-state index contributed by atoms with van der Waals surface area (Å²) in [5.41, 5.74) is 0. The van der Waals surface area contributed by atoms with Gasteiger partial charge in [0.2, 0.25) is 0 Å². The van der Waals surface area contributed by atoms with E-state index in [9.17, 15) is 0 Å². The van der Waals surface area contributed by atoms with Crippen LogP contribution in [0.2, 0.25) is 0 Å². The van der Waals surface area contributed by atoms with Crippen LogP contribution in [0.3, 0.4) is 0 Å². The van der Waals surface area contributed by atoms with Crippen molar-refractivity contribution in [1.82, 2.24) is 5.32 Å². The molecule has 1 aromatic rings. The predicted octanol–water partition coefficient (Wildman–Crippen LogP) is 2.85. The first-order valence-corrected chi connectivity index (χ1v) is 6.86. The molecule has 1 fully saturated rings. The van der Waals surface area contributed by atoms with E-state index >= 15 is 0 Å². The molecule has 100 valence electrons. The predicted molar refractivity (Wildman–Crippen MR) is 73.3 cm³/mol. The Kier molecular flexibility index (Phi) is 5.34. The molecule has 1 aromatic carbocycles. The van der Waals surface area contributed by atoms with Gasteiger partial charge in [-0.2, -0.15) is 0 Å². The Labute approximate surface area is 109 Å². The first-order chi connectivity index (χ1) is 8.90. The normalized spacial score (nSPS) is 16.5. The summed E-state index contributed by atoms with van der Waals surface area (Å²) in [7, 11) is 1.68. The highest BCUT2D eigenvalue weighted by molar-refractivity contribution is 5.39. The summed E-state index contributed by atoms with van der Waals surface area (Å²) in [6.07, 6.45) is 5.03. The van der Waals surface area contributed by atoms with Gasteiger partial charge in [-0.25, -0.2) is 0 Å². The quantitative estimate of drug-likeness (QED) is 0.786. The van der Waals surface area contributed by atoms with Crippen LogP contribution >= 0.6 is 0 Å². The number of nitrogens with one attached hydrogen (secondary N) is 1. The lowest BCUT2D eigenvalue weighted by Gasteiger charge is -2.22. The summed E-state index contributed by atoms with van der Waals surface area (Å²) in [6.45, 7) is 3.14. The van der Waals surface area contributed by atoms with Gasteiger partial charge in [-0.05, 0) is 56.8 Å². The molecule has 0 spiro atoms. The van der Waals surface area contributed by atoms with Crippen molar-refractivity contribution in [2.45, 2.75) is 25.7 Å². The number of hydrogen-bond donors (Lipinski definition) is 1. The second-order valence-corrected chi connectivity index (χ2v) is 4.83. The van der Waals surface area contributed by atoms with Crippen molar-refractivity contribution in [3.05, 3.63) is 24.3 Å². The number of benzene rings is 1. The number of rotatable bonds is 6. The van der Waals surface area contributed by atoms with Gasteiger partial charge in [0, 0.05) is 0 Å². The van der Waals surface area contributed by atoms with Gasteiger partial charge in [-0.3, -0.25) is 0 Å². The van der Waals surface area contributed by atoms with Gasteiger partial charge >= 0.3 is 0 Å². The van der Waals surface area contributed by atoms with Crippen LogP contribution in [0.25, 0.3) is 0 Å². The summed E-state index contributed by atoms with van der Waals surface area (Å²) in [5, 5.41) is 3.40. The molecular weight excluding hydrogens is 226 g/mol. The third kappa shape index (κ3) is 3.91. The fourth-order valence-electron chi connectivity index (χ4n) is 2.46. The molecule has 2 rings (SSSR count). The van der Waals surface area contributed by atoms with E-state index in [-0.39, 0.29) is 0 Å². The van der Waals surface area contributed by atoms with Gasteiger partial charge in [0.25, 0.3) is 0 Å². The molecule has 0 aliphatic carbocycles. The average Bonchev–Trinajstić information content (AvgIpc) is 2.45. The van der Waals surface area contributed by atoms with Crippen LogP contribution in [0.5, 0.6) is 11.5 Å². The van der Waals surface area contributed by atoms with Crippen molar-refractivity contribution in [3.63, 3.8) is 0 Å². The lowest BCUT2D eigenvalue weighted by Crippen LogP contribution is -2.27. The Bertz CT molecular complexity index is 348.